The predicted octanol–water partition coefficient (Wildman–Crippen LogP) is 5.69. The maximum atomic E-state index is 12.3. The van der Waals surface area contributed by atoms with Crippen LogP contribution >= 0.6 is 23.1 Å². The fourth-order valence-corrected chi connectivity index (χ4v) is 4.57. The second-order valence-corrected chi connectivity index (χ2v) is 7.81. The molecular weight excluding hydrogens is 376 g/mol. The van der Waals surface area contributed by atoms with E-state index in [1.165, 1.54) is 11.3 Å². The third-order valence-electron chi connectivity index (χ3n) is 4.09. The van der Waals surface area contributed by atoms with E-state index in [1.807, 2.05) is 41.8 Å². The van der Waals surface area contributed by atoms with Crippen molar-refractivity contribution < 1.29 is 9.53 Å². The fourth-order valence-electron chi connectivity index (χ4n) is 2.75. The van der Waals surface area contributed by atoms with E-state index in [4.69, 9.17) is 9.72 Å². The van der Waals surface area contributed by atoms with Crippen LogP contribution in [0.25, 0.3) is 0 Å². The van der Waals surface area contributed by atoms with Gasteiger partial charge in [-0.15, -0.1) is 23.1 Å². The lowest BCUT2D eigenvalue weighted by atomic mass is 10.1. The Morgan fingerprint density at radius 3 is 2.78 bits per heavy atom. The first-order valence-electron chi connectivity index (χ1n) is 8.72. The Hall–Kier alpha value is -2.31. The van der Waals surface area contributed by atoms with Crippen LogP contribution in [0.3, 0.4) is 0 Å². The summed E-state index contributed by atoms with van der Waals surface area (Å²) in [4.78, 5) is 19.9. The van der Waals surface area contributed by atoms with Crippen LogP contribution in [0.5, 0.6) is 5.75 Å². The van der Waals surface area contributed by atoms with Gasteiger partial charge in [-0.3, -0.25) is 9.69 Å². The van der Waals surface area contributed by atoms with Crippen LogP contribution in [0.2, 0.25) is 0 Å². The minimum Gasteiger partial charge on any atom is -0.497 e. The number of thiazole rings is 1. The number of aryl methyl sites for hydroxylation is 1. The summed E-state index contributed by atoms with van der Waals surface area (Å²) in [6.45, 7) is 3.67. The van der Waals surface area contributed by atoms with Crippen LogP contribution in [-0.2, 0) is 17.0 Å². The molecule has 0 saturated carbocycles. The average molecular weight is 399 g/mol. The molecule has 6 heteroatoms. The van der Waals surface area contributed by atoms with Crippen LogP contribution in [0, 0.1) is 0 Å². The minimum atomic E-state index is -0.0303. The van der Waals surface area contributed by atoms with Crippen molar-refractivity contribution in [3.05, 3.63) is 65.2 Å². The maximum Gasteiger partial charge on any atom is 0.230 e. The number of benzene rings is 2. The Labute approximate surface area is 168 Å². The zero-order valence-electron chi connectivity index (χ0n) is 15.6. The van der Waals surface area contributed by atoms with Crippen LogP contribution in [0.15, 0.2) is 58.8 Å². The minimum absolute atomic E-state index is 0.0303. The highest BCUT2D eigenvalue weighted by Crippen LogP contribution is 2.33. The van der Waals surface area contributed by atoms with E-state index in [2.05, 4.69) is 19.1 Å². The standard InChI is InChI=1S/C21H22N2O2S2/c1-4-16-8-5-6-11-20(16)23(15(2)24)21-22-17(14-27-21)13-26-19-10-7-9-18(12-19)25-3/h5-12,14H,4,13H2,1-3H3. The van der Waals surface area contributed by atoms with Gasteiger partial charge in [0.15, 0.2) is 5.13 Å². The van der Waals surface area contributed by atoms with Crippen molar-refractivity contribution in [3.8, 4) is 5.75 Å². The summed E-state index contributed by atoms with van der Waals surface area (Å²) in [6.07, 6.45) is 0.865. The molecule has 2 aromatic carbocycles. The number of methoxy groups -OCH3 is 1. The monoisotopic (exact) mass is 398 g/mol. The molecule has 0 N–H and O–H groups in total. The summed E-state index contributed by atoms with van der Waals surface area (Å²) in [5.74, 6) is 1.56. The predicted molar refractivity (Wildman–Crippen MR) is 113 cm³/mol. The van der Waals surface area contributed by atoms with Crippen LogP contribution in [0.4, 0.5) is 10.8 Å². The molecule has 3 rings (SSSR count). The second-order valence-electron chi connectivity index (χ2n) is 5.93. The largest absolute Gasteiger partial charge is 0.497 e. The number of hydrogen-bond donors (Lipinski definition) is 0. The summed E-state index contributed by atoms with van der Waals surface area (Å²) in [5, 5.41) is 2.73. The highest BCUT2D eigenvalue weighted by molar-refractivity contribution is 7.98. The number of carbonyl (C=O) groups excluding carboxylic acids is 1. The topological polar surface area (TPSA) is 42.4 Å². The molecule has 0 aliphatic rings. The van der Waals surface area contributed by atoms with Crippen LogP contribution in [0.1, 0.15) is 25.1 Å². The average Bonchev–Trinajstić information content (AvgIpc) is 3.15. The second kappa shape index (κ2) is 9.06. The maximum absolute atomic E-state index is 12.3. The van der Waals surface area contributed by atoms with Crippen molar-refractivity contribution >= 4 is 39.8 Å². The molecule has 4 nitrogen and oxygen atoms in total. The van der Waals surface area contributed by atoms with Gasteiger partial charge in [-0.1, -0.05) is 31.2 Å². The molecule has 1 heterocycles. The number of amides is 1. The number of carbonyl (C=O) groups is 1. The number of anilines is 2. The highest BCUT2D eigenvalue weighted by Gasteiger charge is 2.20. The summed E-state index contributed by atoms with van der Waals surface area (Å²) in [7, 11) is 1.67. The Morgan fingerprint density at radius 1 is 1.22 bits per heavy atom. The summed E-state index contributed by atoms with van der Waals surface area (Å²) in [5.41, 5.74) is 3.01. The normalized spacial score (nSPS) is 10.6. The van der Waals surface area contributed by atoms with Crippen LogP contribution in [-0.4, -0.2) is 18.0 Å². The molecule has 0 aliphatic heterocycles. The van der Waals surface area contributed by atoms with E-state index >= 15 is 0 Å². The van der Waals surface area contributed by atoms with Gasteiger partial charge < -0.3 is 4.74 Å². The summed E-state index contributed by atoms with van der Waals surface area (Å²) in [6, 6.07) is 16.0. The fraction of sp³-hybridized carbons (Fsp3) is 0.238. The third kappa shape index (κ3) is 4.70. The number of para-hydroxylation sites is 1. The van der Waals surface area contributed by atoms with Gasteiger partial charge in [-0.05, 0) is 36.2 Å². The lowest BCUT2D eigenvalue weighted by molar-refractivity contribution is -0.115. The molecule has 0 unspecified atom stereocenters. The molecule has 27 heavy (non-hydrogen) atoms. The van der Waals surface area contributed by atoms with Gasteiger partial charge in [-0.25, -0.2) is 4.98 Å². The van der Waals surface area contributed by atoms with E-state index in [1.54, 1.807) is 30.7 Å². The van der Waals surface area contributed by atoms with Crippen molar-refractivity contribution in [3.63, 3.8) is 0 Å². The third-order valence-corrected chi connectivity index (χ3v) is 5.99. The van der Waals surface area contributed by atoms with Crippen molar-refractivity contribution in [2.75, 3.05) is 12.0 Å². The quantitative estimate of drug-likeness (QED) is 0.479. The van der Waals surface area contributed by atoms with Crippen molar-refractivity contribution in [2.24, 2.45) is 0 Å². The van der Waals surface area contributed by atoms with Gasteiger partial charge >= 0.3 is 0 Å². The van der Waals surface area contributed by atoms with Crippen molar-refractivity contribution in [1.29, 1.82) is 0 Å². The van der Waals surface area contributed by atoms with Gasteiger partial charge in [0, 0.05) is 23.0 Å². The zero-order valence-corrected chi connectivity index (χ0v) is 17.3. The zero-order chi connectivity index (χ0) is 19.2. The molecule has 1 aromatic heterocycles. The first kappa shape index (κ1) is 19.5. The van der Waals surface area contributed by atoms with E-state index < -0.39 is 0 Å². The number of thioether (sulfide) groups is 1. The number of ether oxygens (including phenoxy) is 1. The van der Waals surface area contributed by atoms with Gasteiger partial charge in [0.25, 0.3) is 0 Å². The molecule has 0 saturated heterocycles. The number of nitrogens with zero attached hydrogens (tertiary/aromatic N) is 2. The van der Waals surface area contributed by atoms with Gasteiger partial charge in [0.05, 0.1) is 18.5 Å². The molecule has 140 valence electrons. The van der Waals surface area contributed by atoms with E-state index in [0.29, 0.717) is 5.13 Å². The number of rotatable bonds is 7. The Bertz CT molecular complexity index is 924. The van der Waals surface area contributed by atoms with Gasteiger partial charge in [-0.2, -0.15) is 0 Å². The Kier molecular flexibility index (Phi) is 6.53. The summed E-state index contributed by atoms with van der Waals surface area (Å²) >= 11 is 3.20. The molecule has 0 aliphatic carbocycles. The molecule has 3 aromatic rings. The molecule has 0 bridgehead atoms. The van der Waals surface area contributed by atoms with E-state index in [9.17, 15) is 4.79 Å². The van der Waals surface area contributed by atoms with E-state index in [0.717, 1.165) is 39.8 Å². The number of aromatic nitrogens is 1. The van der Waals surface area contributed by atoms with Crippen molar-refractivity contribution in [2.45, 2.75) is 30.9 Å². The smallest absolute Gasteiger partial charge is 0.230 e. The van der Waals surface area contributed by atoms with E-state index in [-0.39, 0.29) is 5.91 Å². The lowest BCUT2D eigenvalue weighted by Gasteiger charge is -2.20. The summed E-state index contributed by atoms with van der Waals surface area (Å²) < 4.78 is 5.27. The molecule has 0 atom stereocenters. The van der Waals surface area contributed by atoms with Crippen LogP contribution < -0.4 is 9.64 Å². The van der Waals surface area contributed by atoms with Gasteiger partial charge in [0.1, 0.15) is 5.75 Å². The molecule has 0 fully saturated rings. The molecule has 1 amide bonds. The Balaban J connectivity index is 1.79. The first-order valence-corrected chi connectivity index (χ1v) is 10.6. The lowest BCUT2D eigenvalue weighted by Crippen LogP contribution is -2.23. The molecule has 0 spiro atoms. The number of hydrogen-bond acceptors (Lipinski definition) is 5. The molecular formula is C21H22N2O2S2. The van der Waals surface area contributed by atoms with Crippen molar-refractivity contribution in [1.82, 2.24) is 4.98 Å². The molecule has 0 radical (unpaired) electrons. The SMILES string of the molecule is CCc1ccccc1N(C(C)=O)c1nc(CSc2cccc(OC)c2)cs1. The first-order chi connectivity index (χ1) is 13.1. The highest BCUT2D eigenvalue weighted by atomic mass is 32.2. The Morgan fingerprint density at radius 2 is 2.04 bits per heavy atom. The van der Waals surface area contributed by atoms with Gasteiger partial charge in [0.2, 0.25) is 5.91 Å².